The maximum atomic E-state index is 5.49. The van der Waals surface area contributed by atoms with Crippen LogP contribution in [0.4, 0.5) is 5.69 Å². The van der Waals surface area contributed by atoms with Crippen molar-refractivity contribution >= 4 is 17.4 Å². The lowest BCUT2D eigenvalue weighted by molar-refractivity contribution is 0.451. The van der Waals surface area contributed by atoms with E-state index in [1.54, 1.807) is 0 Å². The van der Waals surface area contributed by atoms with E-state index in [9.17, 15) is 0 Å². The van der Waals surface area contributed by atoms with Gasteiger partial charge in [-0.1, -0.05) is 31.4 Å². The standard InChI is InChI=1S/C18H25N3OS/c1-13(18-21-20-14(2)22-18)19-16-8-6-7-15(11-16)12-23-17-9-4-3-5-10-17/h6-8,11,13,17,19H,3-5,9-10,12H2,1-2H3/t13-/m1/s1. The van der Waals surface area contributed by atoms with E-state index >= 15 is 0 Å². The molecule has 0 radical (unpaired) electrons. The minimum Gasteiger partial charge on any atom is -0.423 e. The number of benzene rings is 1. The van der Waals surface area contributed by atoms with Crippen molar-refractivity contribution in [3.63, 3.8) is 0 Å². The Morgan fingerprint density at radius 2 is 2.09 bits per heavy atom. The van der Waals surface area contributed by atoms with Gasteiger partial charge in [-0.15, -0.1) is 10.2 Å². The molecule has 0 spiro atoms. The molecule has 4 nitrogen and oxygen atoms in total. The molecule has 1 aliphatic carbocycles. The van der Waals surface area contributed by atoms with Gasteiger partial charge in [0.05, 0.1) is 0 Å². The maximum Gasteiger partial charge on any atom is 0.238 e. The molecule has 23 heavy (non-hydrogen) atoms. The predicted molar refractivity (Wildman–Crippen MR) is 95.7 cm³/mol. The quantitative estimate of drug-likeness (QED) is 0.796. The van der Waals surface area contributed by atoms with Crippen LogP contribution in [0.5, 0.6) is 0 Å². The smallest absolute Gasteiger partial charge is 0.238 e. The maximum absolute atomic E-state index is 5.49. The molecular formula is C18H25N3OS. The lowest BCUT2D eigenvalue weighted by Crippen LogP contribution is -2.09. The summed E-state index contributed by atoms with van der Waals surface area (Å²) < 4.78 is 5.49. The van der Waals surface area contributed by atoms with Crippen molar-refractivity contribution < 1.29 is 4.42 Å². The highest BCUT2D eigenvalue weighted by Crippen LogP contribution is 2.31. The van der Waals surface area contributed by atoms with E-state index in [1.807, 2.05) is 13.8 Å². The summed E-state index contributed by atoms with van der Waals surface area (Å²) in [6.45, 7) is 3.85. The first-order valence-corrected chi connectivity index (χ1v) is 9.52. The first-order valence-electron chi connectivity index (χ1n) is 8.48. The second kappa shape index (κ2) is 7.86. The van der Waals surface area contributed by atoms with Crippen molar-refractivity contribution in [3.05, 3.63) is 41.6 Å². The van der Waals surface area contributed by atoms with Crippen LogP contribution in [-0.2, 0) is 5.75 Å². The Morgan fingerprint density at radius 3 is 2.83 bits per heavy atom. The molecule has 1 aliphatic rings. The summed E-state index contributed by atoms with van der Waals surface area (Å²) in [5.41, 5.74) is 2.48. The third-order valence-corrected chi connectivity index (χ3v) is 5.70. The number of aromatic nitrogens is 2. The molecule has 124 valence electrons. The highest BCUT2D eigenvalue weighted by atomic mass is 32.2. The zero-order valence-corrected chi connectivity index (χ0v) is 14.7. The highest BCUT2D eigenvalue weighted by molar-refractivity contribution is 7.99. The zero-order valence-electron chi connectivity index (χ0n) is 13.9. The molecule has 0 saturated heterocycles. The van der Waals surface area contributed by atoms with Crippen molar-refractivity contribution in [2.24, 2.45) is 0 Å². The van der Waals surface area contributed by atoms with Crippen LogP contribution >= 0.6 is 11.8 Å². The Hall–Kier alpha value is -1.49. The molecule has 1 atom stereocenters. The molecule has 1 N–H and O–H groups in total. The van der Waals surface area contributed by atoms with Gasteiger partial charge in [0.25, 0.3) is 0 Å². The summed E-state index contributed by atoms with van der Waals surface area (Å²) in [5, 5.41) is 12.3. The molecule has 1 saturated carbocycles. The number of aryl methyl sites for hydroxylation is 1. The van der Waals surface area contributed by atoms with Crippen LogP contribution in [0.15, 0.2) is 28.7 Å². The minimum absolute atomic E-state index is 0.0115. The van der Waals surface area contributed by atoms with Crippen LogP contribution in [0.25, 0.3) is 0 Å². The summed E-state index contributed by atoms with van der Waals surface area (Å²) in [5.74, 6) is 2.32. The number of rotatable bonds is 6. The molecule has 2 aromatic rings. The van der Waals surface area contributed by atoms with E-state index in [-0.39, 0.29) is 6.04 Å². The molecule has 1 aromatic heterocycles. The van der Waals surface area contributed by atoms with Gasteiger partial charge in [0.15, 0.2) is 0 Å². The van der Waals surface area contributed by atoms with Gasteiger partial charge in [-0.05, 0) is 37.5 Å². The number of nitrogens with zero attached hydrogens (tertiary/aromatic N) is 2. The monoisotopic (exact) mass is 331 g/mol. The number of hydrogen-bond acceptors (Lipinski definition) is 5. The van der Waals surface area contributed by atoms with E-state index in [4.69, 9.17) is 4.42 Å². The van der Waals surface area contributed by atoms with Gasteiger partial charge < -0.3 is 9.73 Å². The van der Waals surface area contributed by atoms with Gasteiger partial charge in [-0.3, -0.25) is 0 Å². The lowest BCUT2D eigenvalue weighted by Gasteiger charge is -2.21. The van der Waals surface area contributed by atoms with Crippen LogP contribution in [0.3, 0.4) is 0 Å². The van der Waals surface area contributed by atoms with Crippen LogP contribution < -0.4 is 5.32 Å². The molecule has 5 heteroatoms. The molecule has 0 unspecified atom stereocenters. The fraction of sp³-hybridized carbons (Fsp3) is 0.556. The third kappa shape index (κ3) is 4.74. The van der Waals surface area contributed by atoms with E-state index in [0.717, 1.165) is 16.7 Å². The number of anilines is 1. The molecule has 0 amide bonds. The van der Waals surface area contributed by atoms with Gasteiger partial charge in [0.1, 0.15) is 6.04 Å². The SMILES string of the molecule is Cc1nnc([C@@H](C)Nc2cccc(CSC3CCCCC3)c2)o1. The summed E-state index contributed by atoms with van der Waals surface area (Å²) in [6, 6.07) is 8.66. The van der Waals surface area contributed by atoms with E-state index in [0.29, 0.717) is 11.8 Å². The minimum atomic E-state index is 0.0115. The van der Waals surface area contributed by atoms with Crippen molar-refractivity contribution in [2.45, 2.75) is 63.0 Å². The summed E-state index contributed by atoms with van der Waals surface area (Å²) >= 11 is 2.11. The Balaban J connectivity index is 1.56. The van der Waals surface area contributed by atoms with Crippen molar-refractivity contribution in [1.82, 2.24) is 10.2 Å². The van der Waals surface area contributed by atoms with Gasteiger partial charge in [-0.2, -0.15) is 11.8 Å². The Morgan fingerprint density at radius 1 is 1.26 bits per heavy atom. The van der Waals surface area contributed by atoms with Crippen LogP contribution in [0.2, 0.25) is 0 Å². The normalized spacial score (nSPS) is 17.1. The Labute approximate surface area is 142 Å². The first-order chi connectivity index (χ1) is 11.2. The van der Waals surface area contributed by atoms with Crippen LogP contribution in [0.1, 0.15) is 62.4 Å². The second-order valence-corrected chi connectivity index (χ2v) is 7.59. The Kier molecular flexibility index (Phi) is 5.60. The zero-order chi connectivity index (χ0) is 16.1. The molecule has 0 aliphatic heterocycles. The first kappa shape index (κ1) is 16.4. The van der Waals surface area contributed by atoms with Crippen molar-refractivity contribution in [1.29, 1.82) is 0 Å². The third-order valence-electron chi connectivity index (χ3n) is 4.26. The summed E-state index contributed by atoms with van der Waals surface area (Å²) in [7, 11) is 0. The van der Waals surface area contributed by atoms with E-state index in [1.165, 1.54) is 37.7 Å². The number of nitrogens with one attached hydrogen (secondary N) is 1. The summed E-state index contributed by atoms with van der Waals surface area (Å²) in [4.78, 5) is 0. The van der Waals surface area contributed by atoms with E-state index in [2.05, 4.69) is 51.5 Å². The largest absolute Gasteiger partial charge is 0.423 e. The molecule has 0 bridgehead atoms. The second-order valence-electron chi connectivity index (χ2n) is 6.30. The van der Waals surface area contributed by atoms with Gasteiger partial charge in [0, 0.05) is 23.6 Å². The number of thioether (sulfide) groups is 1. The topological polar surface area (TPSA) is 51.0 Å². The molecule has 1 fully saturated rings. The van der Waals surface area contributed by atoms with Crippen LogP contribution in [0, 0.1) is 6.92 Å². The lowest BCUT2D eigenvalue weighted by atomic mass is 10.0. The average Bonchev–Trinajstić information content (AvgIpc) is 3.01. The molecular weight excluding hydrogens is 306 g/mol. The summed E-state index contributed by atoms with van der Waals surface area (Å²) in [6.07, 6.45) is 7.00. The van der Waals surface area contributed by atoms with Gasteiger partial charge in [-0.25, -0.2) is 0 Å². The van der Waals surface area contributed by atoms with E-state index < -0.39 is 0 Å². The van der Waals surface area contributed by atoms with Crippen molar-refractivity contribution in [3.8, 4) is 0 Å². The number of hydrogen-bond donors (Lipinski definition) is 1. The average molecular weight is 331 g/mol. The van der Waals surface area contributed by atoms with Crippen molar-refractivity contribution in [2.75, 3.05) is 5.32 Å². The molecule has 1 heterocycles. The predicted octanol–water partition coefficient (Wildman–Crippen LogP) is 5.12. The van der Waals surface area contributed by atoms with Gasteiger partial charge in [0.2, 0.25) is 11.8 Å². The highest BCUT2D eigenvalue weighted by Gasteiger charge is 2.14. The molecule has 3 rings (SSSR count). The van der Waals surface area contributed by atoms with Gasteiger partial charge >= 0.3 is 0 Å². The fourth-order valence-corrected chi connectivity index (χ4v) is 4.27. The fourth-order valence-electron chi connectivity index (χ4n) is 3.00. The van der Waals surface area contributed by atoms with Crippen LogP contribution in [-0.4, -0.2) is 15.4 Å². The molecule has 1 aromatic carbocycles. The Bertz CT molecular complexity index is 622.